The Bertz CT molecular complexity index is 863. The quantitative estimate of drug-likeness (QED) is 0.647. The molecule has 29 heavy (non-hydrogen) atoms. The van der Waals surface area contributed by atoms with Crippen molar-refractivity contribution in [2.75, 3.05) is 31.1 Å². The number of ether oxygens (including phenoxy) is 1. The number of nitrogens with zero attached hydrogens (tertiary/aromatic N) is 2. The Morgan fingerprint density at radius 2 is 1.66 bits per heavy atom. The molecule has 1 aliphatic rings. The third-order valence-corrected chi connectivity index (χ3v) is 6.00. The SMILES string of the molecule is CC(C)(C)OC(=O)CN(CC(=O)O)S(=O)(=O)c1ccc(N2CCC(=O)CC2)cc1. The first-order valence-corrected chi connectivity index (χ1v) is 10.6. The van der Waals surface area contributed by atoms with Gasteiger partial charge in [0.2, 0.25) is 10.0 Å². The number of aliphatic carboxylic acids is 1. The summed E-state index contributed by atoms with van der Waals surface area (Å²) in [6.45, 7) is 4.46. The van der Waals surface area contributed by atoms with Crippen LogP contribution in [0.15, 0.2) is 29.2 Å². The number of sulfonamides is 1. The molecule has 0 amide bonds. The summed E-state index contributed by atoms with van der Waals surface area (Å²) < 4.78 is 31.5. The third-order valence-electron chi connectivity index (χ3n) is 4.20. The average Bonchev–Trinajstić information content (AvgIpc) is 2.60. The summed E-state index contributed by atoms with van der Waals surface area (Å²) in [5, 5.41) is 9.08. The van der Waals surface area contributed by atoms with Gasteiger partial charge in [0.15, 0.2) is 0 Å². The van der Waals surface area contributed by atoms with E-state index in [1.807, 2.05) is 4.90 Å². The molecule has 10 heteroatoms. The number of carbonyl (C=O) groups is 3. The van der Waals surface area contributed by atoms with Crippen LogP contribution in [0.3, 0.4) is 0 Å². The van der Waals surface area contributed by atoms with Crippen molar-refractivity contribution in [3.8, 4) is 0 Å². The van der Waals surface area contributed by atoms with Gasteiger partial charge in [0.1, 0.15) is 24.5 Å². The maximum Gasteiger partial charge on any atom is 0.321 e. The predicted molar refractivity (Wildman–Crippen MR) is 105 cm³/mol. The van der Waals surface area contributed by atoms with E-state index in [9.17, 15) is 22.8 Å². The predicted octanol–water partition coefficient (Wildman–Crippen LogP) is 1.27. The Kier molecular flexibility index (Phi) is 7.02. The van der Waals surface area contributed by atoms with Crippen LogP contribution in [0, 0.1) is 0 Å². The normalized spacial score (nSPS) is 15.4. The second kappa shape index (κ2) is 8.91. The maximum atomic E-state index is 12.9. The average molecular weight is 426 g/mol. The van der Waals surface area contributed by atoms with Gasteiger partial charge in [-0.25, -0.2) is 8.42 Å². The van der Waals surface area contributed by atoms with Gasteiger partial charge in [-0.15, -0.1) is 0 Å². The number of carbonyl (C=O) groups excluding carboxylic acids is 2. The van der Waals surface area contributed by atoms with E-state index in [2.05, 4.69) is 0 Å². The minimum absolute atomic E-state index is 0.126. The summed E-state index contributed by atoms with van der Waals surface area (Å²) in [7, 11) is -4.22. The Labute approximate surface area is 170 Å². The summed E-state index contributed by atoms with van der Waals surface area (Å²) in [4.78, 5) is 36.4. The Morgan fingerprint density at radius 3 is 2.14 bits per heavy atom. The fraction of sp³-hybridized carbons (Fsp3) is 0.526. The van der Waals surface area contributed by atoms with Crippen molar-refractivity contribution >= 4 is 33.4 Å². The van der Waals surface area contributed by atoms with Crippen molar-refractivity contribution in [2.45, 2.75) is 44.1 Å². The van der Waals surface area contributed by atoms with Gasteiger partial charge >= 0.3 is 11.9 Å². The minimum Gasteiger partial charge on any atom is -0.480 e. The molecule has 1 aromatic rings. The number of carboxylic acids is 1. The highest BCUT2D eigenvalue weighted by atomic mass is 32.2. The molecule has 0 saturated carbocycles. The zero-order valence-electron chi connectivity index (χ0n) is 16.8. The number of ketones is 1. The smallest absolute Gasteiger partial charge is 0.321 e. The highest BCUT2D eigenvalue weighted by Gasteiger charge is 2.30. The third kappa shape index (κ3) is 6.53. The second-order valence-corrected chi connectivity index (χ2v) is 9.71. The minimum atomic E-state index is -4.22. The zero-order chi connectivity index (χ0) is 21.8. The molecule has 0 radical (unpaired) electrons. The largest absolute Gasteiger partial charge is 0.480 e. The van der Waals surface area contributed by atoms with Crippen molar-refractivity contribution < 1.29 is 32.6 Å². The molecular weight excluding hydrogens is 400 g/mol. The molecule has 0 spiro atoms. The van der Waals surface area contributed by atoms with E-state index in [0.29, 0.717) is 30.2 Å². The van der Waals surface area contributed by atoms with Crippen molar-refractivity contribution in [3.63, 3.8) is 0 Å². The van der Waals surface area contributed by atoms with E-state index >= 15 is 0 Å². The summed E-state index contributed by atoms with van der Waals surface area (Å²) in [5.41, 5.74) is -0.0545. The molecule has 1 heterocycles. The first-order valence-electron chi connectivity index (χ1n) is 9.19. The molecule has 2 rings (SSSR count). The fourth-order valence-electron chi connectivity index (χ4n) is 2.89. The van der Waals surface area contributed by atoms with Crippen molar-refractivity contribution in [2.24, 2.45) is 0 Å². The van der Waals surface area contributed by atoms with Crippen LogP contribution >= 0.6 is 0 Å². The van der Waals surface area contributed by atoms with Crippen LogP contribution in [0.5, 0.6) is 0 Å². The summed E-state index contributed by atoms with van der Waals surface area (Å²) in [6, 6.07) is 5.94. The first kappa shape index (κ1) is 22.8. The summed E-state index contributed by atoms with van der Waals surface area (Å²) in [5.74, 6) is -2.02. The summed E-state index contributed by atoms with van der Waals surface area (Å²) in [6.07, 6.45) is 0.894. The van der Waals surface area contributed by atoms with E-state index < -0.39 is 40.7 Å². The van der Waals surface area contributed by atoms with Crippen LogP contribution in [0.4, 0.5) is 5.69 Å². The van der Waals surface area contributed by atoms with E-state index in [-0.39, 0.29) is 10.7 Å². The molecule has 1 aromatic carbocycles. The molecule has 0 bridgehead atoms. The Morgan fingerprint density at radius 1 is 1.10 bits per heavy atom. The number of anilines is 1. The van der Waals surface area contributed by atoms with Crippen LogP contribution in [0.2, 0.25) is 0 Å². The zero-order valence-corrected chi connectivity index (χ0v) is 17.6. The van der Waals surface area contributed by atoms with Crippen LogP contribution < -0.4 is 4.90 Å². The Hall–Kier alpha value is -2.46. The maximum absolute atomic E-state index is 12.9. The van der Waals surface area contributed by atoms with Gasteiger partial charge in [-0.1, -0.05) is 0 Å². The molecule has 1 aliphatic heterocycles. The van der Waals surface area contributed by atoms with Crippen molar-refractivity contribution in [1.29, 1.82) is 0 Å². The highest BCUT2D eigenvalue weighted by molar-refractivity contribution is 7.89. The molecule has 0 atom stereocenters. The van der Waals surface area contributed by atoms with Gasteiger partial charge in [-0.3, -0.25) is 14.4 Å². The van der Waals surface area contributed by atoms with Gasteiger partial charge in [0.05, 0.1) is 4.90 Å². The van der Waals surface area contributed by atoms with E-state index in [1.165, 1.54) is 12.1 Å². The molecule has 0 aromatic heterocycles. The highest BCUT2D eigenvalue weighted by Crippen LogP contribution is 2.23. The molecule has 1 saturated heterocycles. The van der Waals surface area contributed by atoms with E-state index in [4.69, 9.17) is 9.84 Å². The van der Waals surface area contributed by atoms with Crippen LogP contribution in [-0.4, -0.2) is 67.3 Å². The molecular formula is C19H26N2O7S. The van der Waals surface area contributed by atoms with Gasteiger partial charge in [0, 0.05) is 31.6 Å². The number of Topliss-reactive ketones (excluding diaryl/α,β-unsaturated/α-hetero) is 1. The molecule has 0 aliphatic carbocycles. The van der Waals surface area contributed by atoms with E-state index in [1.54, 1.807) is 32.9 Å². The number of carboxylic acid groups (broad SMARTS) is 1. The van der Waals surface area contributed by atoms with Gasteiger partial charge in [-0.05, 0) is 45.0 Å². The number of esters is 1. The van der Waals surface area contributed by atoms with Gasteiger partial charge in [0.25, 0.3) is 0 Å². The van der Waals surface area contributed by atoms with Crippen LogP contribution in [0.1, 0.15) is 33.6 Å². The van der Waals surface area contributed by atoms with Crippen LogP contribution in [0.25, 0.3) is 0 Å². The first-order chi connectivity index (χ1) is 13.4. The number of piperidine rings is 1. The lowest BCUT2D eigenvalue weighted by molar-refractivity contribution is -0.155. The second-order valence-electron chi connectivity index (χ2n) is 7.77. The van der Waals surface area contributed by atoms with E-state index in [0.717, 1.165) is 5.69 Å². The molecule has 9 nitrogen and oxygen atoms in total. The standard InChI is InChI=1S/C19H26N2O7S/c1-19(2,3)28-18(25)13-21(12-17(23)24)29(26,27)16-6-4-14(5-7-16)20-10-8-15(22)9-11-20/h4-7H,8-13H2,1-3H3,(H,23,24). The van der Waals surface area contributed by atoms with Gasteiger partial charge in [-0.2, -0.15) is 4.31 Å². The lowest BCUT2D eigenvalue weighted by Gasteiger charge is -2.28. The number of hydrogen-bond acceptors (Lipinski definition) is 7. The lowest BCUT2D eigenvalue weighted by Crippen LogP contribution is -2.41. The van der Waals surface area contributed by atoms with Crippen molar-refractivity contribution in [1.82, 2.24) is 4.31 Å². The van der Waals surface area contributed by atoms with Gasteiger partial charge < -0.3 is 14.7 Å². The topological polar surface area (TPSA) is 121 Å². The molecule has 160 valence electrons. The van der Waals surface area contributed by atoms with Crippen molar-refractivity contribution in [3.05, 3.63) is 24.3 Å². The molecule has 0 unspecified atom stereocenters. The lowest BCUT2D eigenvalue weighted by atomic mass is 10.1. The number of hydrogen-bond donors (Lipinski definition) is 1. The summed E-state index contributed by atoms with van der Waals surface area (Å²) >= 11 is 0. The molecule has 1 N–H and O–H groups in total. The fourth-order valence-corrected chi connectivity index (χ4v) is 4.22. The van der Waals surface area contributed by atoms with Crippen LogP contribution in [-0.2, 0) is 29.1 Å². The monoisotopic (exact) mass is 426 g/mol. The Balaban J connectivity index is 2.20. The number of rotatable bonds is 7. The number of benzene rings is 1. The molecule has 1 fully saturated rings.